The van der Waals surface area contributed by atoms with Crippen LogP contribution >= 0.6 is 0 Å². The average Bonchev–Trinajstić information content (AvgIpc) is 2.74. The normalized spacial score (nSPS) is 15.7. The summed E-state index contributed by atoms with van der Waals surface area (Å²) in [5.74, 6) is -52.7. The van der Waals surface area contributed by atoms with Crippen molar-refractivity contribution in [3.05, 3.63) is 0 Å². The van der Waals surface area contributed by atoms with E-state index in [0.717, 1.165) is 12.8 Å². The molecule has 0 fully saturated rings. The monoisotopic (exact) mass is 572 g/mol. The summed E-state index contributed by atoms with van der Waals surface area (Å²) < 4.78 is 0. The Morgan fingerprint density at radius 2 is 0.737 bits per heavy atom. The summed E-state index contributed by atoms with van der Waals surface area (Å²) in [4.78, 5) is 10.8. The molecule has 20 nitrogen and oxygen atoms in total. The van der Waals surface area contributed by atoms with Gasteiger partial charge in [0.15, 0.2) is 0 Å². The number of unbranched alkanes of at least 4 members (excludes halogenated alkanes) is 5. The summed E-state index contributed by atoms with van der Waals surface area (Å²) in [6, 6.07) is 0. The fraction of sp³-hybridized carbons (Fsp3) is 0.944. The van der Waals surface area contributed by atoms with Gasteiger partial charge in [-0.1, -0.05) is 39.0 Å². The van der Waals surface area contributed by atoms with Crippen LogP contribution in [0.2, 0.25) is 0 Å². The van der Waals surface area contributed by atoms with Crippen LogP contribution in [0.5, 0.6) is 0 Å². The summed E-state index contributed by atoms with van der Waals surface area (Å²) in [7, 11) is 0. The highest BCUT2D eigenvalue weighted by atomic mass is 16.7. The molecule has 0 aliphatic carbocycles. The van der Waals surface area contributed by atoms with Gasteiger partial charge in [0.05, 0.1) is 0 Å². The smallest absolute Gasteiger partial charge is 0.370 e. The third-order valence-corrected chi connectivity index (χ3v) is 6.14. The van der Waals surface area contributed by atoms with Crippen molar-refractivity contribution in [1.82, 2.24) is 0 Å². The maximum Gasteiger partial charge on any atom is 0.370 e. The van der Waals surface area contributed by atoms with Crippen molar-refractivity contribution in [3.8, 4) is 0 Å². The highest BCUT2D eigenvalue weighted by Crippen LogP contribution is 2.48. The molecule has 0 aromatic carbocycles. The lowest BCUT2D eigenvalue weighted by atomic mass is 9.76. The van der Waals surface area contributed by atoms with Crippen molar-refractivity contribution in [1.29, 1.82) is 0 Å². The van der Waals surface area contributed by atoms with E-state index in [1.54, 1.807) is 0 Å². The van der Waals surface area contributed by atoms with Gasteiger partial charge in [0, 0.05) is 6.42 Å². The lowest BCUT2D eigenvalue weighted by molar-refractivity contribution is -0.594. The van der Waals surface area contributed by atoms with Gasteiger partial charge in [-0.2, -0.15) is 0 Å². The Balaban J connectivity index is 6.52. The van der Waals surface area contributed by atoms with Crippen molar-refractivity contribution < 1.29 is 102 Å². The highest BCUT2D eigenvalue weighted by molar-refractivity contribution is 5.76. The van der Waals surface area contributed by atoms with E-state index in [-0.39, 0.29) is 12.8 Å². The standard InChI is InChI=1S/C18H36O20/c1-2-3-4-5-6-7-8-10(21,22)12(25,26)14(29,30)16(33,34)18(37,38)17(35,36)15(31,32)13(27,28)11(23,24)9(19)20/h21-38H,2-8H2,1H3,(H,19,20). The Morgan fingerprint density at radius 1 is 0.447 bits per heavy atom. The highest BCUT2D eigenvalue weighted by Gasteiger charge is 2.86. The first-order valence-electron chi connectivity index (χ1n) is 10.8. The molecule has 0 aliphatic rings. The molecule has 0 aliphatic heterocycles. The van der Waals surface area contributed by atoms with Crippen LogP contribution in [0.15, 0.2) is 0 Å². The molecule has 0 radical (unpaired) electrons. The molecule has 228 valence electrons. The molecule has 19 N–H and O–H groups in total. The number of hydrogen-bond acceptors (Lipinski definition) is 19. The SMILES string of the molecule is CCCCCCCCC(O)(O)C(O)(O)C(O)(O)C(O)(O)C(O)(O)C(O)(O)C(O)(O)C(O)(O)C(O)(O)C(=O)O. The van der Waals surface area contributed by atoms with Crippen molar-refractivity contribution in [3.63, 3.8) is 0 Å². The van der Waals surface area contributed by atoms with Crippen LogP contribution in [0.3, 0.4) is 0 Å². The van der Waals surface area contributed by atoms with Gasteiger partial charge in [-0.25, -0.2) is 4.79 Å². The molecule has 0 heterocycles. The first-order chi connectivity index (χ1) is 16.5. The molecule has 0 aromatic rings. The number of aliphatic carboxylic acids is 1. The van der Waals surface area contributed by atoms with E-state index in [1.807, 2.05) is 6.92 Å². The third-order valence-electron chi connectivity index (χ3n) is 6.14. The Morgan fingerprint density at radius 3 is 1.08 bits per heavy atom. The molecule has 20 heteroatoms. The second-order valence-corrected chi connectivity index (χ2v) is 9.02. The van der Waals surface area contributed by atoms with E-state index in [9.17, 15) is 96.7 Å². The Hall–Kier alpha value is -1.25. The Labute approximate surface area is 212 Å². The van der Waals surface area contributed by atoms with Crippen LogP contribution in [0.1, 0.15) is 51.9 Å². The van der Waals surface area contributed by atoms with Gasteiger partial charge in [0.1, 0.15) is 0 Å². The first kappa shape index (κ1) is 36.8. The average molecular weight is 572 g/mol. The van der Waals surface area contributed by atoms with E-state index in [1.165, 1.54) is 0 Å². The van der Waals surface area contributed by atoms with Crippen molar-refractivity contribution in [2.75, 3.05) is 0 Å². The van der Waals surface area contributed by atoms with Gasteiger partial charge in [0.2, 0.25) is 5.79 Å². The summed E-state index contributed by atoms with van der Waals surface area (Å²) in [6.07, 6.45) is 1.33. The minimum atomic E-state index is -5.97. The fourth-order valence-corrected chi connectivity index (χ4v) is 3.21. The van der Waals surface area contributed by atoms with Crippen LogP contribution in [0, 0.1) is 0 Å². The number of rotatable bonds is 16. The van der Waals surface area contributed by atoms with Crippen molar-refractivity contribution in [2.24, 2.45) is 0 Å². The molecule has 0 spiro atoms. The topological polar surface area (TPSA) is 401 Å². The zero-order chi connectivity index (χ0) is 31.0. The Kier molecular flexibility index (Phi) is 10.6. The summed E-state index contributed by atoms with van der Waals surface area (Å²) >= 11 is 0. The van der Waals surface area contributed by atoms with Gasteiger partial charge in [-0.15, -0.1) is 0 Å². The molecular formula is C18H36O20. The number of carboxylic acids is 1. The fourth-order valence-electron chi connectivity index (χ4n) is 3.21. The van der Waals surface area contributed by atoms with Crippen LogP contribution in [-0.4, -0.2) is 155 Å². The molecule has 0 unspecified atom stereocenters. The molecule has 0 saturated carbocycles. The van der Waals surface area contributed by atoms with Gasteiger partial charge < -0.3 is 97.0 Å². The van der Waals surface area contributed by atoms with Gasteiger partial charge in [-0.05, 0) is 6.42 Å². The summed E-state index contributed by atoms with van der Waals surface area (Å²) in [6.45, 7) is 1.88. The lowest BCUT2D eigenvalue weighted by Crippen LogP contribution is -2.90. The molecule has 0 saturated heterocycles. The van der Waals surface area contributed by atoms with Gasteiger partial charge >= 0.3 is 11.8 Å². The van der Waals surface area contributed by atoms with E-state index in [2.05, 4.69) is 0 Å². The molecule has 0 atom stereocenters. The minimum Gasteiger partial charge on any atom is -0.477 e. The molecular weight excluding hydrogens is 536 g/mol. The predicted molar refractivity (Wildman–Crippen MR) is 110 cm³/mol. The molecule has 0 aromatic heterocycles. The lowest BCUT2D eigenvalue weighted by Gasteiger charge is -2.55. The summed E-state index contributed by atoms with van der Waals surface area (Å²) in [5.41, 5.74) is 0. The van der Waals surface area contributed by atoms with E-state index in [4.69, 9.17) is 5.11 Å². The second-order valence-electron chi connectivity index (χ2n) is 9.02. The molecule has 0 bridgehead atoms. The zero-order valence-electron chi connectivity index (χ0n) is 19.9. The quantitative estimate of drug-likeness (QED) is 0.0602. The maximum absolute atomic E-state index is 10.8. The van der Waals surface area contributed by atoms with Crippen LogP contribution in [0.4, 0.5) is 0 Å². The minimum absolute atomic E-state index is 0.160. The van der Waals surface area contributed by atoms with Crippen LogP contribution in [0.25, 0.3) is 0 Å². The largest absolute Gasteiger partial charge is 0.477 e. The van der Waals surface area contributed by atoms with Crippen LogP contribution < -0.4 is 0 Å². The van der Waals surface area contributed by atoms with Crippen molar-refractivity contribution in [2.45, 2.75) is 104 Å². The number of carboxylic acid groups (broad SMARTS) is 1. The van der Waals surface area contributed by atoms with Crippen LogP contribution in [-0.2, 0) is 4.79 Å². The van der Waals surface area contributed by atoms with E-state index >= 15 is 0 Å². The zero-order valence-corrected chi connectivity index (χ0v) is 19.9. The number of aliphatic hydroxyl groups is 18. The van der Waals surface area contributed by atoms with Crippen molar-refractivity contribution >= 4 is 5.97 Å². The number of carbonyl (C=O) groups is 1. The van der Waals surface area contributed by atoms with E-state index < -0.39 is 64.5 Å². The second kappa shape index (κ2) is 11.0. The first-order valence-corrected chi connectivity index (χ1v) is 10.8. The molecule has 0 rings (SSSR count). The maximum atomic E-state index is 10.8. The molecule has 0 amide bonds. The third kappa shape index (κ3) is 5.38. The summed E-state index contributed by atoms with van der Waals surface area (Å²) in [5, 5.41) is 185. The van der Waals surface area contributed by atoms with E-state index in [0.29, 0.717) is 12.8 Å². The molecule has 38 heavy (non-hydrogen) atoms. The van der Waals surface area contributed by atoms with Gasteiger partial charge in [-0.3, -0.25) is 0 Å². The Bertz CT molecular complexity index is 811. The predicted octanol–water partition coefficient (Wildman–Crippen LogP) is -9.05. The number of hydrogen-bond donors (Lipinski definition) is 19. The van der Waals surface area contributed by atoms with Gasteiger partial charge in [0.25, 0.3) is 40.5 Å².